The molecule has 0 saturated carbocycles. The molecule has 0 spiro atoms. The lowest BCUT2D eigenvalue weighted by Gasteiger charge is -2.49. The van der Waals surface area contributed by atoms with Gasteiger partial charge in [0.15, 0.2) is 5.01 Å². The van der Waals surface area contributed by atoms with E-state index in [0.29, 0.717) is 21.9 Å². The molecule has 4 heterocycles. The molecule has 3 saturated heterocycles. The lowest BCUT2D eigenvalue weighted by Crippen LogP contribution is -2.62. The first-order chi connectivity index (χ1) is 12.1. The Morgan fingerprint density at radius 2 is 2.12 bits per heavy atom. The fraction of sp³-hybridized carbons (Fsp3) is 0.444. The number of carbonyl (C=O) groups is 1. The summed E-state index contributed by atoms with van der Waals surface area (Å²) in [5.74, 6) is 0.195. The zero-order valence-electron chi connectivity index (χ0n) is 13.9. The standard InChI is InChI=1S/C18H20FN3OS2/c1-11-16(12-6-8-22(11)9-7-12)21-17(23)18-20-10-15(25-18)24-14-5-3-2-4-13(14)19/h2-5,10-12,16H,6-9H2,1H3,(H,21,23)/t11-,16-/m0/s1. The van der Waals surface area contributed by atoms with Crippen LogP contribution in [0.1, 0.15) is 29.6 Å². The normalized spacial score (nSPS) is 28.1. The molecule has 1 amide bonds. The minimum atomic E-state index is -0.256. The summed E-state index contributed by atoms with van der Waals surface area (Å²) in [5.41, 5.74) is 0. The molecule has 0 unspecified atom stereocenters. The largest absolute Gasteiger partial charge is 0.345 e. The van der Waals surface area contributed by atoms with Gasteiger partial charge in [-0.25, -0.2) is 9.37 Å². The summed E-state index contributed by atoms with van der Waals surface area (Å²) in [4.78, 5) is 19.8. The Morgan fingerprint density at radius 1 is 1.36 bits per heavy atom. The van der Waals surface area contributed by atoms with Crippen molar-refractivity contribution in [1.29, 1.82) is 0 Å². The monoisotopic (exact) mass is 377 g/mol. The van der Waals surface area contributed by atoms with Crippen LogP contribution in [0.15, 0.2) is 39.6 Å². The van der Waals surface area contributed by atoms with Crippen molar-refractivity contribution in [3.8, 4) is 0 Å². The van der Waals surface area contributed by atoms with Crippen molar-refractivity contribution < 1.29 is 9.18 Å². The summed E-state index contributed by atoms with van der Waals surface area (Å²) in [6.07, 6.45) is 3.96. The van der Waals surface area contributed by atoms with Gasteiger partial charge >= 0.3 is 0 Å². The van der Waals surface area contributed by atoms with Crippen LogP contribution in [0.5, 0.6) is 0 Å². The van der Waals surface area contributed by atoms with Crippen molar-refractivity contribution >= 4 is 29.0 Å². The van der Waals surface area contributed by atoms with E-state index in [1.807, 2.05) is 0 Å². The van der Waals surface area contributed by atoms with Crippen LogP contribution in [0.4, 0.5) is 4.39 Å². The Hall–Kier alpha value is -1.44. The van der Waals surface area contributed by atoms with Crippen molar-refractivity contribution in [1.82, 2.24) is 15.2 Å². The van der Waals surface area contributed by atoms with Gasteiger partial charge in [0.1, 0.15) is 5.82 Å². The third-order valence-corrected chi connectivity index (χ3v) is 7.35. The number of aromatic nitrogens is 1. The quantitative estimate of drug-likeness (QED) is 0.883. The maximum absolute atomic E-state index is 13.8. The van der Waals surface area contributed by atoms with Crippen molar-refractivity contribution in [2.24, 2.45) is 5.92 Å². The van der Waals surface area contributed by atoms with E-state index in [0.717, 1.165) is 30.1 Å². The van der Waals surface area contributed by atoms with Gasteiger partial charge < -0.3 is 5.32 Å². The molecule has 1 N–H and O–H groups in total. The predicted octanol–water partition coefficient (Wildman–Crippen LogP) is 3.65. The van der Waals surface area contributed by atoms with Crippen LogP contribution in [-0.2, 0) is 0 Å². The Morgan fingerprint density at radius 3 is 2.84 bits per heavy atom. The molecule has 132 valence electrons. The first-order valence-electron chi connectivity index (χ1n) is 8.55. The molecule has 4 nitrogen and oxygen atoms in total. The van der Waals surface area contributed by atoms with Crippen LogP contribution >= 0.6 is 23.1 Å². The fourth-order valence-electron chi connectivity index (χ4n) is 3.81. The number of nitrogens with zero attached hydrogens (tertiary/aromatic N) is 2. The van der Waals surface area contributed by atoms with E-state index < -0.39 is 0 Å². The molecule has 1 aromatic carbocycles. The smallest absolute Gasteiger partial charge is 0.280 e. The number of piperidine rings is 3. The molecule has 25 heavy (non-hydrogen) atoms. The molecule has 3 fully saturated rings. The number of amides is 1. The minimum Gasteiger partial charge on any atom is -0.345 e. The molecular formula is C18H20FN3OS2. The van der Waals surface area contributed by atoms with Crippen LogP contribution in [-0.4, -0.2) is 41.0 Å². The fourth-order valence-corrected chi connectivity index (χ4v) is 5.67. The number of hydrogen-bond acceptors (Lipinski definition) is 5. The molecular weight excluding hydrogens is 357 g/mol. The molecule has 1 aromatic heterocycles. The van der Waals surface area contributed by atoms with Crippen molar-refractivity contribution in [2.45, 2.75) is 41.0 Å². The van der Waals surface area contributed by atoms with Crippen LogP contribution in [0, 0.1) is 11.7 Å². The topological polar surface area (TPSA) is 45.2 Å². The molecule has 0 aliphatic carbocycles. The van der Waals surface area contributed by atoms with Crippen LogP contribution in [0.25, 0.3) is 0 Å². The van der Waals surface area contributed by atoms with Gasteiger partial charge in [-0.2, -0.15) is 0 Å². The van der Waals surface area contributed by atoms with E-state index in [9.17, 15) is 9.18 Å². The number of halogens is 1. The number of rotatable bonds is 4. The number of hydrogen-bond donors (Lipinski definition) is 1. The molecule has 3 aliphatic rings. The third kappa shape index (κ3) is 3.45. The van der Waals surface area contributed by atoms with Crippen molar-refractivity contribution in [3.05, 3.63) is 41.3 Å². The Balaban J connectivity index is 1.43. The minimum absolute atomic E-state index is 0.115. The molecule has 0 radical (unpaired) electrons. The predicted molar refractivity (Wildman–Crippen MR) is 97.7 cm³/mol. The average molecular weight is 378 g/mol. The molecule has 5 rings (SSSR count). The summed E-state index contributed by atoms with van der Waals surface area (Å²) in [6, 6.07) is 7.21. The summed E-state index contributed by atoms with van der Waals surface area (Å²) < 4.78 is 14.6. The van der Waals surface area contributed by atoms with Gasteiger partial charge in [-0.3, -0.25) is 9.69 Å². The van der Waals surface area contributed by atoms with E-state index in [2.05, 4.69) is 22.1 Å². The zero-order chi connectivity index (χ0) is 17.4. The highest BCUT2D eigenvalue weighted by atomic mass is 32.2. The molecule has 7 heteroatoms. The van der Waals surface area contributed by atoms with E-state index in [4.69, 9.17) is 0 Å². The number of carbonyl (C=O) groups excluding carboxylic acids is 1. The number of benzene rings is 1. The summed E-state index contributed by atoms with van der Waals surface area (Å²) >= 11 is 2.62. The number of fused-ring (bicyclic) bond motifs is 3. The Labute approximate surface area is 154 Å². The lowest BCUT2D eigenvalue weighted by molar-refractivity contribution is 0.0217. The SMILES string of the molecule is C[C@H]1[C@H](NC(=O)c2ncc(Sc3ccccc3F)s2)C2CCN1CC2. The summed E-state index contributed by atoms with van der Waals surface area (Å²) in [7, 11) is 0. The second-order valence-electron chi connectivity index (χ2n) is 6.63. The van der Waals surface area contributed by atoms with Crippen LogP contribution < -0.4 is 5.32 Å². The van der Waals surface area contributed by atoms with Gasteiger partial charge in [0.25, 0.3) is 5.91 Å². The Bertz CT molecular complexity index is 771. The van der Waals surface area contributed by atoms with Gasteiger partial charge in [0, 0.05) is 17.0 Å². The van der Waals surface area contributed by atoms with Crippen molar-refractivity contribution in [2.75, 3.05) is 13.1 Å². The highest BCUT2D eigenvalue weighted by Crippen LogP contribution is 2.35. The zero-order valence-corrected chi connectivity index (χ0v) is 15.6. The van der Waals surface area contributed by atoms with Gasteiger partial charge in [-0.1, -0.05) is 23.9 Å². The van der Waals surface area contributed by atoms with Gasteiger partial charge in [-0.05, 0) is 50.9 Å². The van der Waals surface area contributed by atoms with Crippen LogP contribution in [0.3, 0.4) is 0 Å². The van der Waals surface area contributed by atoms with E-state index >= 15 is 0 Å². The number of nitrogens with one attached hydrogen (secondary N) is 1. The molecule has 2 bridgehead atoms. The maximum atomic E-state index is 13.8. The van der Waals surface area contributed by atoms with Gasteiger partial charge in [0.2, 0.25) is 0 Å². The summed E-state index contributed by atoms with van der Waals surface area (Å²) in [6.45, 7) is 4.47. The molecule has 2 aromatic rings. The Kier molecular flexibility index (Phi) is 4.80. The highest BCUT2D eigenvalue weighted by Gasteiger charge is 2.40. The second kappa shape index (κ2) is 7.05. The van der Waals surface area contributed by atoms with E-state index in [-0.39, 0.29) is 17.8 Å². The van der Waals surface area contributed by atoms with Crippen molar-refractivity contribution in [3.63, 3.8) is 0 Å². The number of thiazole rings is 1. The maximum Gasteiger partial charge on any atom is 0.280 e. The second-order valence-corrected chi connectivity index (χ2v) is 9.00. The summed E-state index contributed by atoms with van der Waals surface area (Å²) in [5, 5.41) is 3.64. The first-order valence-corrected chi connectivity index (χ1v) is 10.2. The van der Waals surface area contributed by atoms with Crippen LogP contribution in [0.2, 0.25) is 0 Å². The lowest BCUT2D eigenvalue weighted by atomic mass is 9.79. The highest BCUT2D eigenvalue weighted by molar-refractivity contribution is 8.01. The third-order valence-electron chi connectivity index (χ3n) is 5.20. The van der Waals surface area contributed by atoms with E-state index in [1.54, 1.807) is 24.4 Å². The van der Waals surface area contributed by atoms with Gasteiger partial charge in [0.05, 0.1) is 10.4 Å². The average Bonchev–Trinajstić information content (AvgIpc) is 3.09. The van der Waals surface area contributed by atoms with Gasteiger partial charge in [-0.15, -0.1) is 11.3 Å². The first kappa shape index (κ1) is 17.0. The van der Waals surface area contributed by atoms with E-state index in [1.165, 1.54) is 29.2 Å². The molecule has 3 aliphatic heterocycles. The molecule has 2 atom stereocenters.